The minimum Gasteiger partial charge on any atom is -0.306 e. The monoisotopic (exact) mass is 521 g/mol. The molecule has 5 rings (SSSR count). The number of anilines is 2. The van der Waals surface area contributed by atoms with Gasteiger partial charge in [-0.2, -0.15) is 9.78 Å². The Morgan fingerprint density at radius 3 is 2.44 bits per heavy atom. The fraction of sp³-hybridized carbons (Fsp3) is 0.0800. The van der Waals surface area contributed by atoms with Crippen LogP contribution in [0.4, 0.5) is 15.9 Å². The van der Waals surface area contributed by atoms with Crippen LogP contribution in [0, 0.1) is 12.7 Å². The normalized spacial score (nSPS) is 11.5. The summed E-state index contributed by atoms with van der Waals surface area (Å²) in [4.78, 5) is 17.4. The zero-order chi connectivity index (χ0) is 25.4. The highest BCUT2D eigenvalue weighted by atomic mass is 32.2. The molecule has 2 heterocycles. The van der Waals surface area contributed by atoms with Crippen LogP contribution in [0.2, 0.25) is 0 Å². The minimum absolute atomic E-state index is 0.0581. The summed E-state index contributed by atoms with van der Waals surface area (Å²) in [6.07, 6.45) is 0. The van der Waals surface area contributed by atoms with E-state index in [4.69, 9.17) is 0 Å². The first-order valence-corrected chi connectivity index (χ1v) is 13.1. The van der Waals surface area contributed by atoms with Crippen LogP contribution in [0.1, 0.15) is 16.1 Å². The number of benzene rings is 3. The molecule has 5 aromatic rings. The molecule has 0 bridgehead atoms. The Labute approximate surface area is 210 Å². The van der Waals surface area contributed by atoms with E-state index in [1.165, 1.54) is 57.7 Å². The van der Waals surface area contributed by atoms with E-state index in [9.17, 15) is 17.6 Å². The third-order valence-electron chi connectivity index (χ3n) is 5.51. The topological polar surface area (TPSA) is 97.2 Å². The van der Waals surface area contributed by atoms with Crippen molar-refractivity contribution in [2.24, 2.45) is 0 Å². The summed E-state index contributed by atoms with van der Waals surface area (Å²) in [5, 5.41) is 7.58. The second-order valence-electron chi connectivity index (χ2n) is 7.95. The fourth-order valence-electron chi connectivity index (χ4n) is 3.63. The number of carbonyl (C=O) groups excluding carboxylic acids is 1. The number of aromatic nitrogens is 3. The van der Waals surface area contributed by atoms with Crippen LogP contribution >= 0.6 is 11.3 Å². The van der Waals surface area contributed by atoms with Crippen molar-refractivity contribution in [1.82, 2.24) is 14.8 Å². The number of hydrogen-bond acceptors (Lipinski definition) is 6. The molecule has 0 aliphatic carbocycles. The Morgan fingerprint density at radius 2 is 1.75 bits per heavy atom. The van der Waals surface area contributed by atoms with E-state index >= 15 is 0 Å². The lowest BCUT2D eigenvalue weighted by Crippen LogP contribution is -2.26. The second-order valence-corrected chi connectivity index (χ2v) is 10.9. The number of nitrogens with zero attached hydrogens (tertiary/aromatic N) is 4. The lowest BCUT2D eigenvalue weighted by molar-refractivity contribution is 0.102. The first-order valence-electron chi connectivity index (χ1n) is 10.8. The molecule has 0 aliphatic heterocycles. The number of halogens is 1. The molecule has 0 aliphatic rings. The van der Waals surface area contributed by atoms with Gasteiger partial charge in [-0.3, -0.25) is 9.10 Å². The number of carbonyl (C=O) groups is 1. The van der Waals surface area contributed by atoms with E-state index < -0.39 is 21.7 Å². The first kappa shape index (κ1) is 23.6. The molecule has 0 saturated carbocycles. The number of rotatable bonds is 6. The summed E-state index contributed by atoms with van der Waals surface area (Å²) >= 11 is 1.25. The Morgan fingerprint density at radius 1 is 1.03 bits per heavy atom. The van der Waals surface area contributed by atoms with Crippen molar-refractivity contribution in [3.8, 4) is 5.13 Å². The number of fused-ring (bicyclic) bond motifs is 1. The van der Waals surface area contributed by atoms with Crippen LogP contribution in [0.25, 0.3) is 15.3 Å². The molecule has 1 N–H and O–H groups in total. The smallest absolute Gasteiger partial charge is 0.264 e. The average molecular weight is 522 g/mol. The number of thiazole rings is 1. The Balaban J connectivity index is 1.39. The van der Waals surface area contributed by atoms with Crippen molar-refractivity contribution in [3.05, 3.63) is 95.9 Å². The van der Waals surface area contributed by atoms with Gasteiger partial charge in [0, 0.05) is 18.7 Å². The molecule has 0 spiro atoms. The van der Waals surface area contributed by atoms with Gasteiger partial charge in [-0.05, 0) is 55.5 Å². The standard InChI is InChI=1S/C25H20FN5O3S2/c1-16-15-22(31(29-16)25-28-23-20(26)9-6-10-21(23)35-25)27-24(32)17-11-13-19(14-12-17)36(33,34)30(2)18-7-4-3-5-8-18/h3-15H,1-2H3,(H,27,32). The number of hydrogen-bond donors (Lipinski definition) is 1. The molecule has 36 heavy (non-hydrogen) atoms. The maximum Gasteiger partial charge on any atom is 0.264 e. The third-order valence-corrected chi connectivity index (χ3v) is 8.30. The summed E-state index contributed by atoms with van der Waals surface area (Å²) in [5.74, 6) is -0.529. The number of aryl methyl sites for hydroxylation is 1. The minimum atomic E-state index is -3.80. The molecule has 0 unspecified atom stereocenters. The van der Waals surface area contributed by atoms with Crippen LogP contribution in [0.15, 0.2) is 83.8 Å². The summed E-state index contributed by atoms with van der Waals surface area (Å²) in [6.45, 7) is 1.77. The van der Waals surface area contributed by atoms with E-state index in [-0.39, 0.29) is 16.0 Å². The molecular weight excluding hydrogens is 501 g/mol. The number of para-hydroxylation sites is 2. The molecule has 1 amide bonds. The lowest BCUT2D eigenvalue weighted by atomic mass is 10.2. The number of nitrogens with one attached hydrogen (secondary N) is 1. The molecule has 0 fully saturated rings. The highest BCUT2D eigenvalue weighted by Crippen LogP contribution is 2.29. The van der Waals surface area contributed by atoms with E-state index in [0.29, 0.717) is 27.0 Å². The molecule has 2 aromatic heterocycles. The molecule has 3 aromatic carbocycles. The van der Waals surface area contributed by atoms with Crippen molar-refractivity contribution < 1.29 is 17.6 Å². The van der Waals surface area contributed by atoms with Crippen molar-refractivity contribution in [2.45, 2.75) is 11.8 Å². The second kappa shape index (κ2) is 9.17. The van der Waals surface area contributed by atoms with Crippen LogP contribution in [0.3, 0.4) is 0 Å². The van der Waals surface area contributed by atoms with E-state index in [0.717, 1.165) is 0 Å². The van der Waals surface area contributed by atoms with E-state index in [1.54, 1.807) is 55.5 Å². The van der Waals surface area contributed by atoms with Crippen molar-refractivity contribution in [3.63, 3.8) is 0 Å². The van der Waals surface area contributed by atoms with Crippen molar-refractivity contribution in [1.29, 1.82) is 0 Å². The van der Waals surface area contributed by atoms with Crippen LogP contribution in [-0.2, 0) is 10.0 Å². The van der Waals surface area contributed by atoms with Gasteiger partial charge in [0.05, 0.1) is 21.0 Å². The van der Waals surface area contributed by atoms with Gasteiger partial charge in [-0.1, -0.05) is 35.6 Å². The Bertz CT molecular complexity index is 1680. The van der Waals surface area contributed by atoms with E-state index in [2.05, 4.69) is 15.4 Å². The predicted molar refractivity (Wildman–Crippen MR) is 138 cm³/mol. The highest BCUT2D eigenvalue weighted by molar-refractivity contribution is 7.92. The molecular formula is C25H20FN5O3S2. The maximum absolute atomic E-state index is 14.1. The molecule has 11 heteroatoms. The molecule has 0 atom stereocenters. The van der Waals surface area contributed by atoms with Gasteiger partial charge in [-0.15, -0.1) is 0 Å². The third kappa shape index (κ3) is 4.34. The Hall–Kier alpha value is -4.09. The van der Waals surface area contributed by atoms with Crippen molar-refractivity contribution >= 4 is 49.0 Å². The Kier molecular flexibility index (Phi) is 6.02. The lowest BCUT2D eigenvalue weighted by Gasteiger charge is -2.19. The molecule has 182 valence electrons. The SMILES string of the molecule is Cc1cc(NC(=O)c2ccc(S(=O)(=O)N(C)c3ccccc3)cc2)n(-c2nc3c(F)cccc3s2)n1. The van der Waals surface area contributed by atoms with E-state index in [1.807, 2.05) is 0 Å². The fourth-order valence-corrected chi connectivity index (χ4v) is 5.77. The summed E-state index contributed by atoms with van der Waals surface area (Å²) in [5.41, 5.74) is 1.66. The van der Waals surface area contributed by atoms with Gasteiger partial charge >= 0.3 is 0 Å². The van der Waals surface area contributed by atoms with Crippen LogP contribution < -0.4 is 9.62 Å². The molecule has 0 radical (unpaired) electrons. The van der Waals surface area contributed by atoms with Crippen LogP contribution in [0.5, 0.6) is 0 Å². The van der Waals surface area contributed by atoms with Gasteiger partial charge in [0.2, 0.25) is 5.13 Å². The van der Waals surface area contributed by atoms with Gasteiger partial charge in [-0.25, -0.2) is 17.8 Å². The quantitative estimate of drug-likeness (QED) is 0.339. The average Bonchev–Trinajstić information content (AvgIpc) is 3.48. The highest BCUT2D eigenvalue weighted by Gasteiger charge is 2.22. The number of sulfonamides is 1. The van der Waals surface area contributed by atoms with Gasteiger partial charge in [0.15, 0.2) is 0 Å². The number of amides is 1. The van der Waals surface area contributed by atoms with Gasteiger partial charge < -0.3 is 5.32 Å². The first-order chi connectivity index (χ1) is 17.2. The van der Waals surface area contributed by atoms with Crippen LogP contribution in [-0.4, -0.2) is 36.1 Å². The molecule has 0 saturated heterocycles. The summed E-state index contributed by atoms with van der Waals surface area (Å²) in [7, 11) is -2.32. The van der Waals surface area contributed by atoms with Crippen molar-refractivity contribution in [2.75, 3.05) is 16.7 Å². The summed E-state index contributed by atoms with van der Waals surface area (Å²) in [6, 6.07) is 20.8. The molecule has 8 nitrogen and oxygen atoms in total. The predicted octanol–water partition coefficient (Wildman–Crippen LogP) is 5.01. The van der Waals surface area contributed by atoms with Gasteiger partial charge in [0.1, 0.15) is 17.2 Å². The zero-order valence-electron chi connectivity index (χ0n) is 19.2. The maximum atomic E-state index is 14.1. The summed E-state index contributed by atoms with van der Waals surface area (Å²) < 4.78 is 43.4. The zero-order valence-corrected chi connectivity index (χ0v) is 20.8. The largest absolute Gasteiger partial charge is 0.306 e. The van der Waals surface area contributed by atoms with Gasteiger partial charge in [0.25, 0.3) is 15.9 Å².